The number of aliphatic hydroxyl groups is 1. The van der Waals surface area contributed by atoms with Crippen molar-refractivity contribution >= 4 is 5.97 Å². The van der Waals surface area contributed by atoms with E-state index in [1.54, 1.807) is 0 Å². The maximum Gasteiger partial charge on any atom is 0.347 e. The Kier molecular flexibility index (Phi) is 5.77. The highest BCUT2D eigenvalue weighted by Gasteiger charge is 2.50. The number of carbonyl (C=O) groups is 1. The molecule has 2 heterocycles. The van der Waals surface area contributed by atoms with Crippen LogP contribution in [0.2, 0.25) is 0 Å². The Hall–Kier alpha value is -3.02. The number of quaternary nitrogens is 1. The first kappa shape index (κ1) is 21.8. The van der Waals surface area contributed by atoms with Gasteiger partial charge in [-0.1, -0.05) is 54.6 Å². The number of ether oxygens (including phenoxy) is 1. The van der Waals surface area contributed by atoms with Crippen LogP contribution in [0.25, 0.3) is 11.1 Å². The molecule has 1 saturated heterocycles. The predicted octanol–water partition coefficient (Wildman–Crippen LogP) is 4.08. The number of pyridine rings is 1. The SMILES string of the molecule is C[N@+]1(CCCc2ccccn2)CCCC1COC(=O)C1(O)c2ccccc2-c2ccccc21. The highest BCUT2D eigenvalue weighted by Crippen LogP contribution is 2.48. The van der Waals surface area contributed by atoms with Crippen molar-refractivity contribution in [2.24, 2.45) is 0 Å². The molecule has 1 N–H and O–H groups in total. The van der Waals surface area contributed by atoms with E-state index >= 15 is 0 Å². The maximum absolute atomic E-state index is 13.4. The van der Waals surface area contributed by atoms with Gasteiger partial charge in [0.15, 0.2) is 0 Å². The van der Waals surface area contributed by atoms with E-state index in [0.717, 1.165) is 60.1 Å². The molecule has 5 heteroatoms. The average Bonchev–Trinajstić information content (AvgIpc) is 3.34. The van der Waals surface area contributed by atoms with Crippen molar-refractivity contribution in [2.75, 3.05) is 26.7 Å². The molecule has 170 valence electrons. The van der Waals surface area contributed by atoms with Gasteiger partial charge in [0.2, 0.25) is 5.60 Å². The zero-order chi connectivity index (χ0) is 22.9. The van der Waals surface area contributed by atoms with Crippen LogP contribution in [0.15, 0.2) is 72.9 Å². The van der Waals surface area contributed by atoms with Gasteiger partial charge in [-0.2, -0.15) is 0 Å². The second kappa shape index (κ2) is 8.73. The number of likely N-dealkylation sites (tertiary alicyclic amines) is 1. The van der Waals surface area contributed by atoms with E-state index in [1.165, 1.54) is 0 Å². The number of aromatic nitrogens is 1. The number of benzene rings is 2. The molecule has 1 aliphatic carbocycles. The quantitative estimate of drug-likeness (QED) is 0.442. The summed E-state index contributed by atoms with van der Waals surface area (Å²) < 4.78 is 6.76. The molecule has 1 unspecified atom stereocenters. The van der Waals surface area contributed by atoms with Crippen LogP contribution in [0.3, 0.4) is 0 Å². The number of esters is 1. The number of carbonyl (C=O) groups excluding carboxylic acids is 1. The summed E-state index contributed by atoms with van der Waals surface area (Å²) in [6.07, 6.45) is 5.99. The minimum absolute atomic E-state index is 0.244. The molecular formula is C28H31N2O3+. The Balaban J connectivity index is 1.27. The zero-order valence-corrected chi connectivity index (χ0v) is 19.1. The molecule has 0 bridgehead atoms. The fourth-order valence-corrected chi connectivity index (χ4v) is 5.62. The number of fused-ring (bicyclic) bond motifs is 3. The molecule has 1 fully saturated rings. The molecule has 5 rings (SSSR count). The molecule has 1 aromatic heterocycles. The first-order valence-electron chi connectivity index (χ1n) is 11.9. The topological polar surface area (TPSA) is 59.4 Å². The van der Waals surface area contributed by atoms with E-state index in [2.05, 4.69) is 18.1 Å². The molecule has 0 spiro atoms. The van der Waals surface area contributed by atoms with Crippen LogP contribution in [-0.2, 0) is 21.6 Å². The van der Waals surface area contributed by atoms with Gasteiger partial charge >= 0.3 is 5.97 Å². The minimum Gasteiger partial charge on any atom is -0.457 e. The Morgan fingerprint density at radius 3 is 2.39 bits per heavy atom. The van der Waals surface area contributed by atoms with Gasteiger partial charge < -0.3 is 14.3 Å². The number of likely N-dealkylation sites (N-methyl/N-ethyl adjacent to an activating group) is 1. The van der Waals surface area contributed by atoms with Gasteiger partial charge in [0.25, 0.3) is 0 Å². The fourth-order valence-electron chi connectivity index (χ4n) is 5.62. The van der Waals surface area contributed by atoms with Crippen LogP contribution >= 0.6 is 0 Å². The lowest BCUT2D eigenvalue weighted by Crippen LogP contribution is -2.51. The highest BCUT2D eigenvalue weighted by molar-refractivity contribution is 5.96. The number of hydrogen-bond donors (Lipinski definition) is 1. The van der Waals surface area contributed by atoms with Crippen LogP contribution in [0, 0.1) is 0 Å². The van der Waals surface area contributed by atoms with Crippen LogP contribution in [0.4, 0.5) is 0 Å². The molecule has 1 aliphatic heterocycles. The number of aryl methyl sites for hydroxylation is 1. The molecule has 3 aromatic rings. The maximum atomic E-state index is 13.4. The predicted molar refractivity (Wildman–Crippen MR) is 127 cm³/mol. The molecule has 2 aliphatic rings. The van der Waals surface area contributed by atoms with Crippen molar-refractivity contribution in [1.29, 1.82) is 0 Å². The molecule has 2 aromatic carbocycles. The Morgan fingerprint density at radius 2 is 1.73 bits per heavy atom. The summed E-state index contributed by atoms with van der Waals surface area (Å²) in [7, 11) is 2.26. The van der Waals surface area contributed by atoms with Gasteiger partial charge in [-0.3, -0.25) is 4.98 Å². The summed E-state index contributed by atoms with van der Waals surface area (Å²) in [6.45, 7) is 2.43. The minimum atomic E-state index is -1.76. The Labute approximate surface area is 195 Å². The van der Waals surface area contributed by atoms with Gasteiger partial charge in [-0.15, -0.1) is 0 Å². The zero-order valence-electron chi connectivity index (χ0n) is 19.1. The largest absolute Gasteiger partial charge is 0.457 e. The van der Waals surface area contributed by atoms with E-state index < -0.39 is 11.6 Å². The third-order valence-electron chi connectivity index (χ3n) is 7.54. The monoisotopic (exact) mass is 443 g/mol. The number of rotatable bonds is 7. The number of hydrogen-bond acceptors (Lipinski definition) is 4. The molecule has 5 nitrogen and oxygen atoms in total. The first-order valence-corrected chi connectivity index (χ1v) is 11.9. The number of nitrogens with zero attached hydrogens (tertiary/aromatic N) is 2. The third kappa shape index (κ3) is 3.85. The molecule has 0 amide bonds. The lowest BCUT2D eigenvalue weighted by atomic mass is 9.91. The molecule has 33 heavy (non-hydrogen) atoms. The average molecular weight is 444 g/mol. The van der Waals surface area contributed by atoms with E-state index in [0.29, 0.717) is 17.7 Å². The highest BCUT2D eigenvalue weighted by atomic mass is 16.6. The van der Waals surface area contributed by atoms with E-state index in [-0.39, 0.29) is 6.04 Å². The van der Waals surface area contributed by atoms with Crippen molar-refractivity contribution < 1.29 is 19.1 Å². The van der Waals surface area contributed by atoms with Crippen LogP contribution < -0.4 is 0 Å². The van der Waals surface area contributed by atoms with E-state index in [9.17, 15) is 9.90 Å². The van der Waals surface area contributed by atoms with E-state index in [4.69, 9.17) is 4.74 Å². The van der Waals surface area contributed by atoms with Gasteiger partial charge in [0.1, 0.15) is 12.6 Å². The standard InChI is InChI=1S/C28H31N2O3/c1-30(18-8-11-21-10-6-7-17-29-21)19-9-12-22(30)20-33-27(31)28(32)25-15-4-2-13-23(25)24-14-3-5-16-26(24)28/h2-7,10,13-17,22,32H,8-9,11-12,18-20H2,1H3/q+1/t22?,30-/m0/s1. The Bertz CT molecular complexity index is 1100. The molecule has 2 atom stereocenters. The summed E-state index contributed by atoms with van der Waals surface area (Å²) in [5.74, 6) is -0.577. The summed E-state index contributed by atoms with van der Waals surface area (Å²) in [5, 5.41) is 11.6. The van der Waals surface area contributed by atoms with Crippen molar-refractivity contribution in [3.8, 4) is 11.1 Å². The molecule has 0 radical (unpaired) electrons. The van der Waals surface area contributed by atoms with Crippen molar-refractivity contribution in [3.05, 3.63) is 89.7 Å². The van der Waals surface area contributed by atoms with Gasteiger partial charge in [-0.25, -0.2) is 4.79 Å². The van der Waals surface area contributed by atoms with Crippen LogP contribution in [-0.4, -0.2) is 53.3 Å². The van der Waals surface area contributed by atoms with Crippen LogP contribution in [0.1, 0.15) is 36.1 Å². The summed E-state index contributed by atoms with van der Waals surface area (Å²) in [5.41, 5.74) is 2.36. The third-order valence-corrected chi connectivity index (χ3v) is 7.54. The van der Waals surface area contributed by atoms with Crippen molar-refractivity contribution in [2.45, 2.75) is 37.3 Å². The second-order valence-corrected chi connectivity index (χ2v) is 9.55. The smallest absolute Gasteiger partial charge is 0.347 e. The fraction of sp³-hybridized carbons (Fsp3) is 0.357. The van der Waals surface area contributed by atoms with Gasteiger partial charge in [-0.05, 0) is 29.7 Å². The summed E-state index contributed by atoms with van der Waals surface area (Å²) in [6, 6.07) is 21.4. The van der Waals surface area contributed by atoms with Gasteiger partial charge in [0.05, 0.1) is 20.1 Å². The van der Waals surface area contributed by atoms with Crippen molar-refractivity contribution in [3.63, 3.8) is 0 Å². The van der Waals surface area contributed by atoms with Gasteiger partial charge in [0, 0.05) is 42.3 Å². The molecule has 0 saturated carbocycles. The normalized spacial score (nSPS) is 22.5. The lowest BCUT2D eigenvalue weighted by Gasteiger charge is -2.36. The molecular weight excluding hydrogens is 412 g/mol. The lowest BCUT2D eigenvalue weighted by molar-refractivity contribution is -0.921. The summed E-state index contributed by atoms with van der Waals surface area (Å²) in [4.78, 5) is 17.8. The summed E-state index contributed by atoms with van der Waals surface area (Å²) >= 11 is 0. The first-order chi connectivity index (χ1) is 16.0. The second-order valence-electron chi connectivity index (χ2n) is 9.55. The van der Waals surface area contributed by atoms with E-state index in [1.807, 2.05) is 66.9 Å². The van der Waals surface area contributed by atoms with Crippen molar-refractivity contribution in [1.82, 2.24) is 4.98 Å². The van der Waals surface area contributed by atoms with Crippen LogP contribution in [0.5, 0.6) is 0 Å². The Morgan fingerprint density at radius 1 is 1.06 bits per heavy atom.